The number of thiophene rings is 1. The van der Waals surface area contributed by atoms with E-state index in [1.807, 2.05) is 6.07 Å². The van der Waals surface area contributed by atoms with E-state index in [1.54, 1.807) is 30.3 Å². The van der Waals surface area contributed by atoms with Gasteiger partial charge in [0, 0.05) is 10.4 Å². The second kappa shape index (κ2) is 5.05. The Morgan fingerprint density at radius 3 is 2.60 bits per heavy atom. The Bertz CT molecular complexity index is 829. The maximum Gasteiger partial charge on any atom is 0.336 e. The summed E-state index contributed by atoms with van der Waals surface area (Å²) >= 11 is 13.2. The predicted molar refractivity (Wildman–Crippen MR) is 82.0 cm³/mol. The summed E-state index contributed by atoms with van der Waals surface area (Å²) in [6.07, 6.45) is 0. The fourth-order valence-corrected chi connectivity index (χ4v) is 3.13. The van der Waals surface area contributed by atoms with Gasteiger partial charge in [0.25, 0.3) is 0 Å². The standard InChI is InChI=1S/C14H7Cl2NO2S/c15-7-1-2-8-9(14(18)19)6-11(17-10(8)5-7)12-3-4-13(16)20-12/h1-6H,(H,18,19). The average Bonchev–Trinajstić information content (AvgIpc) is 2.83. The molecule has 1 N–H and O–H groups in total. The van der Waals surface area contributed by atoms with Crippen molar-refractivity contribution in [3.05, 3.63) is 51.3 Å². The molecule has 0 radical (unpaired) electrons. The minimum Gasteiger partial charge on any atom is -0.478 e. The van der Waals surface area contributed by atoms with Crippen molar-refractivity contribution in [3.8, 4) is 10.6 Å². The van der Waals surface area contributed by atoms with E-state index in [9.17, 15) is 9.90 Å². The third-order valence-corrected chi connectivity index (χ3v) is 4.32. The molecule has 0 bridgehead atoms. The Balaban J connectivity index is 2.32. The number of pyridine rings is 1. The minimum absolute atomic E-state index is 0.200. The van der Waals surface area contributed by atoms with Gasteiger partial charge in [-0.25, -0.2) is 9.78 Å². The molecule has 3 aromatic rings. The van der Waals surface area contributed by atoms with Crippen LogP contribution in [0.1, 0.15) is 10.4 Å². The molecule has 20 heavy (non-hydrogen) atoms. The van der Waals surface area contributed by atoms with Gasteiger partial charge in [-0.05, 0) is 30.3 Å². The van der Waals surface area contributed by atoms with Gasteiger partial charge in [-0.3, -0.25) is 0 Å². The van der Waals surface area contributed by atoms with Gasteiger partial charge in [0.15, 0.2) is 0 Å². The van der Waals surface area contributed by atoms with E-state index in [0.29, 0.717) is 26.0 Å². The van der Waals surface area contributed by atoms with Crippen LogP contribution in [0.15, 0.2) is 36.4 Å². The molecule has 6 heteroatoms. The summed E-state index contributed by atoms with van der Waals surface area (Å²) in [5, 5.41) is 10.4. The molecule has 3 rings (SSSR count). The van der Waals surface area contributed by atoms with E-state index in [2.05, 4.69) is 4.98 Å². The molecule has 0 aliphatic rings. The number of benzene rings is 1. The van der Waals surface area contributed by atoms with Crippen LogP contribution in [0, 0.1) is 0 Å². The first-order valence-corrected chi connectivity index (χ1v) is 7.21. The van der Waals surface area contributed by atoms with E-state index in [1.165, 1.54) is 11.3 Å². The van der Waals surface area contributed by atoms with Gasteiger partial charge in [-0.2, -0.15) is 0 Å². The number of halogens is 2. The van der Waals surface area contributed by atoms with E-state index < -0.39 is 5.97 Å². The van der Waals surface area contributed by atoms with Crippen molar-refractivity contribution in [1.29, 1.82) is 0 Å². The summed E-state index contributed by atoms with van der Waals surface area (Å²) in [4.78, 5) is 16.7. The molecular weight excluding hydrogens is 317 g/mol. The van der Waals surface area contributed by atoms with Crippen molar-refractivity contribution in [3.63, 3.8) is 0 Å². The van der Waals surface area contributed by atoms with Gasteiger partial charge in [-0.15, -0.1) is 11.3 Å². The third kappa shape index (κ3) is 2.38. The summed E-state index contributed by atoms with van der Waals surface area (Å²) in [7, 11) is 0. The summed E-state index contributed by atoms with van der Waals surface area (Å²) < 4.78 is 0.630. The van der Waals surface area contributed by atoms with Crippen molar-refractivity contribution >= 4 is 51.4 Å². The number of aromatic carboxylic acids is 1. The minimum atomic E-state index is -0.997. The zero-order chi connectivity index (χ0) is 14.3. The predicted octanol–water partition coefficient (Wildman–Crippen LogP) is 4.97. The topological polar surface area (TPSA) is 50.2 Å². The lowest BCUT2D eigenvalue weighted by Crippen LogP contribution is -1.99. The monoisotopic (exact) mass is 323 g/mol. The zero-order valence-electron chi connectivity index (χ0n) is 9.93. The summed E-state index contributed by atoms with van der Waals surface area (Å²) in [6.45, 7) is 0. The van der Waals surface area contributed by atoms with Crippen LogP contribution in [0.4, 0.5) is 0 Å². The number of carbonyl (C=O) groups is 1. The van der Waals surface area contributed by atoms with Gasteiger partial charge in [0.05, 0.1) is 26.0 Å². The fraction of sp³-hybridized carbons (Fsp3) is 0. The van der Waals surface area contributed by atoms with Crippen LogP contribution < -0.4 is 0 Å². The van der Waals surface area contributed by atoms with Crippen LogP contribution in [0.3, 0.4) is 0 Å². The second-order valence-electron chi connectivity index (χ2n) is 4.13. The number of hydrogen-bond donors (Lipinski definition) is 1. The molecule has 0 amide bonds. The van der Waals surface area contributed by atoms with Gasteiger partial charge < -0.3 is 5.11 Å². The van der Waals surface area contributed by atoms with E-state index in [-0.39, 0.29) is 5.56 Å². The lowest BCUT2D eigenvalue weighted by atomic mass is 10.1. The summed E-state index contributed by atoms with van der Waals surface area (Å²) in [5.41, 5.74) is 1.33. The van der Waals surface area contributed by atoms with Crippen LogP contribution in [0.25, 0.3) is 21.5 Å². The molecular formula is C14H7Cl2NO2S. The quantitative estimate of drug-likeness (QED) is 0.724. The number of carboxylic acids is 1. The first-order valence-electron chi connectivity index (χ1n) is 5.64. The lowest BCUT2D eigenvalue weighted by Gasteiger charge is -2.06. The number of rotatable bonds is 2. The molecule has 0 aliphatic heterocycles. The van der Waals surface area contributed by atoms with Crippen molar-refractivity contribution in [2.45, 2.75) is 0 Å². The van der Waals surface area contributed by atoms with Crippen LogP contribution in [-0.2, 0) is 0 Å². The maximum atomic E-state index is 11.4. The van der Waals surface area contributed by atoms with E-state index >= 15 is 0 Å². The van der Waals surface area contributed by atoms with Crippen molar-refractivity contribution in [2.24, 2.45) is 0 Å². The van der Waals surface area contributed by atoms with Crippen LogP contribution in [-0.4, -0.2) is 16.1 Å². The third-order valence-electron chi connectivity index (χ3n) is 2.83. The number of hydrogen-bond acceptors (Lipinski definition) is 3. The van der Waals surface area contributed by atoms with Gasteiger partial charge >= 0.3 is 5.97 Å². The largest absolute Gasteiger partial charge is 0.478 e. The Kier molecular flexibility index (Phi) is 3.38. The molecule has 3 nitrogen and oxygen atoms in total. The van der Waals surface area contributed by atoms with Crippen molar-refractivity contribution < 1.29 is 9.90 Å². The Labute approximate surface area is 128 Å². The first-order chi connectivity index (χ1) is 9.54. The number of carboxylic acid groups (broad SMARTS) is 1. The van der Waals surface area contributed by atoms with Crippen molar-refractivity contribution in [2.75, 3.05) is 0 Å². The SMILES string of the molecule is O=C(O)c1cc(-c2ccc(Cl)s2)nc2cc(Cl)ccc12. The molecule has 0 saturated heterocycles. The van der Waals surface area contributed by atoms with E-state index in [4.69, 9.17) is 23.2 Å². The lowest BCUT2D eigenvalue weighted by molar-refractivity contribution is 0.0699. The molecule has 0 spiro atoms. The molecule has 0 atom stereocenters. The van der Waals surface area contributed by atoms with Crippen LogP contribution in [0.5, 0.6) is 0 Å². The highest BCUT2D eigenvalue weighted by molar-refractivity contribution is 7.19. The number of aromatic nitrogens is 1. The fourth-order valence-electron chi connectivity index (χ4n) is 1.96. The highest BCUT2D eigenvalue weighted by Crippen LogP contribution is 2.32. The molecule has 100 valence electrons. The zero-order valence-corrected chi connectivity index (χ0v) is 12.3. The van der Waals surface area contributed by atoms with Gasteiger partial charge in [-0.1, -0.05) is 29.3 Å². The highest BCUT2D eigenvalue weighted by Gasteiger charge is 2.14. The highest BCUT2D eigenvalue weighted by atomic mass is 35.5. The second-order valence-corrected chi connectivity index (χ2v) is 6.28. The van der Waals surface area contributed by atoms with Crippen molar-refractivity contribution in [1.82, 2.24) is 4.98 Å². The Morgan fingerprint density at radius 1 is 1.15 bits per heavy atom. The molecule has 2 aromatic heterocycles. The molecule has 0 fully saturated rings. The Hall–Kier alpha value is -1.62. The summed E-state index contributed by atoms with van der Waals surface area (Å²) in [5.74, 6) is -0.997. The maximum absolute atomic E-state index is 11.4. The van der Waals surface area contributed by atoms with Crippen LogP contribution >= 0.6 is 34.5 Å². The van der Waals surface area contributed by atoms with Gasteiger partial charge in [0.1, 0.15) is 0 Å². The molecule has 2 heterocycles. The average molecular weight is 324 g/mol. The number of nitrogens with zero attached hydrogens (tertiary/aromatic N) is 1. The van der Waals surface area contributed by atoms with Gasteiger partial charge in [0.2, 0.25) is 0 Å². The Morgan fingerprint density at radius 2 is 1.95 bits per heavy atom. The molecule has 0 saturated carbocycles. The van der Waals surface area contributed by atoms with E-state index in [0.717, 1.165) is 4.88 Å². The molecule has 1 aromatic carbocycles. The first kappa shape index (κ1) is 13.4. The molecule has 0 aliphatic carbocycles. The normalized spacial score (nSPS) is 10.9. The molecule has 0 unspecified atom stereocenters. The number of fused-ring (bicyclic) bond motifs is 1. The van der Waals surface area contributed by atoms with Crippen LogP contribution in [0.2, 0.25) is 9.36 Å². The summed E-state index contributed by atoms with van der Waals surface area (Å²) in [6, 6.07) is 10.1. The smallest absolute Gasteiger partial charge is 0.336 e.